The smallest absolute Gasteiger partial charge is 0.162 e. The second-order valence-corrected chi connectivity index (χ2v) is 4.11. The highest BCUT2D eigenvalue weighted by molar-refractivity contribution is 5.84. The summed E-state index contributed by atoms with van der Waals surface area (Å²) in [5, 5.41) is 0. The van der Waals surface area contributed by atoms with Gasteiger partial charge in [-0.05, 0) is 37.5 Å². The van der Waals surface area contributed by atoms with Gasteiger partial charge < -0.3 is 4.74 Å². The molecule has 0 aromatic heterocycles. The van der Waals surface area contributed by atoms with Gasteiger partial charge in [0.2, 0.25) is 0 Å². The quantitative estimate of drug-likeness (QED) is 0.625. The number of Topliss-reactive ketones (excluding diaryl/α,β-unsaturated/α-hetero) is 1. The van der Waals surface area contributed by atoms with Crippen molar-refractivity contribution in [2.45, 2.75) is 38.2 Å². The summed E-state index contributed by atoms with van der Waals surface area (Å²) in [5.41, 5.74) is 0. The lowest BCUT2D eigenvalue weighted by Crippen LogP contribution is -2.25. The maximum absolute atomic E-state index is 11.6. The van der Waals surface area contributed by atoms with Crippen molar-refractivity contribution < 1.29 is 9.53 Å². The van der Waals surface area contributed by atoms with Gasteiger partial charge >= 0.3 is 0 Å². The van der Waals surface area contributed by atoms with Crippen LogP contribution in [0.5, 0.6) is 0 Å². The van der Waals surface area contributed by atoms with E-state index in [1.54, 1.807) is 7.11 Å². The maximum Gasteiger partial charge on any atom is 0.162 e. The lowest BCUT2D eigenvalue weighted by atomic mass is 10.1. The van der Waals surface area contributed by atoms with E-state index in [2.05, 4.69) is 0 Å². The van der Waals surface area contributed by atoms with E-state index in [1.807, 2.05) is 0 Å². The van der Waals surface area contributed by atoms with E-state index < -0.39 is 0 Å². The number of ketones is 1. The molecule has 2 heteroatoms. The molecule has 0 bridgehead atoms. The minimum absolute atomic E-state index is 0.0643. The van der Waals surface area contributed by atoms with Crippen molar-refractivity contribution in [1.82, 2.24) is 0 Å². The summed E-state index contributed by atoms with van der Waals surface area (Å²) in [5.74, 6) is 1.61. The lowest BCUT2D eigenvalue weighted by Gasteiger charge is -2.12. The Bertz CT molecular complexity index is 180. The van der Waals surface area contributed by atoms with E-state index in [1.165, 1.54) is 25.7 Å². The van der Waals surface area contributed by atoms with Crippen LogP contribution in [0.15, 0.2) is 0 Å². The molecular weight excluding hydrogens is 152 g/mol. The Hall–Kier alpha value is -0.370. The molecule has 2 rings (SSSR count). The van der Waals surface area contributed by atoms with E-state index in [4.69, 9.17) is 4.74 Å². The second kappa shape index (κ2) is 3.17. The van der Waals surface area contributed by atoms with Gasteiger partial charge in [-0.25, -0.2) is 0 Å². The standard InChI is InChI=1S/C10H16O2/c1-12-10(8-4-5-8)9(11)6-7-2-3-7/h7-8,10H,2-6H2,1H3. The van der Waals surface area contributed by atoms with Gasteiger partial charge in [-0.2, -0.15) is 0 Å². The molecule has 0 aliphatic heterocycles. The average Bonchev–Trinajstić information content (AvgIpc) is 2.80. The van der Waals surface area contributed by atoms with Gasteiger partial charge in [-0.3, -0.25) is 4.79 Å². The molecule has 2 saturated carbocycles. The van der Waals surface area contributed by atoms with Crippen LogP contribution in [0.3, 0.4) is 0 Å². The van der Waals surface area contributed by atoms with Gasteiger partial charge in [0, 0.05) is 13.5 Å². The molecule has 2 nitrogen and oxygen atoms in total. The summed E-state index contributed by atoms with van der Waals surface area (Å²) in [6.45, 7) is 0. The number of methoxy groups -OCH3 is 1. The van der Waals surface area contributed by atoms with E-state index in [0.717, 1.165) is 6.42 Å². The second-order valence-electron chi connectivity index (χ2n) is 4.11. The minimum atomic E-state index is -0.0643. The topological polar surface area (TPSA) is 26.3 Å². The van der Waals surface area contributed by atoms with Crippen LogP contribution in [-0.2, 0) is 9.53 Å². The van der Waals surface area contributed by atoms with Crippen LogP contribution in [0.4, 0.5) is 0 Å². The van der Waals surface area contributed by atoms with Crippen molar-refractivity contribution in [3.63, 3.8) is 0 Å². The molecule has 68 valence electrons. The highest BCUT2D eigenvalue weighted by Gasteiger charge is 2.38. The molecule has 0 N–H and O–H groups in total. The van der Waals surface area contributed by atoms with Crippen LogP contribution in [0.1, 0.15) is 32.1 Å². The molecular formula is C10H16O2. The van der Waals surface area contributed by atoms with Gasteiger partial charge in [0.25, 0.3) is 0 Å². The molecule has 0 amide bonds. The Kier molecular flexibility index (Phi) is 2.18. The summed E-state index contributed by atoms with van der Waals surface area (Å²) in [6, 6.07) is 0. The van der Waals surface area contributed by atoms with Crippen molar-refractivity contribution in [2.24, 2.45) is 11.8 Å². The van der Waals surface area contributed by atoms with Crippen molar-refractivity contribution in [1.29, 1.82) is 0 Å². The fraction of sp³-hybridized carbons (Fsp3) is 0.900. The first-order chi connectivity index (χ1) is 5.81. The SMILES string of the molecule is COC(C(=O)CC1CC1)C1CC1. The lowest BCUT2D eigenvalue weighted by molar-refractivity contribution is -0.130. The highest BCUT2D eigenvalue weighted by atomic mass is 16.5. The van der Waals surface area contributed by atoms with E-state index in [-0.39, 0.29) is 6.10 Å². The van der Waals surface area contributed by atoms with Crippen LogP contribution in [0.25, 0.3) is 0 Å². The fourth-order valence-electron chi connectivity index (χ4n) is 1.71. The van der Waals surface area contributed by atoms with E-state index in [0.29, 0.717) is 17.6 Å². The van der Waals surface area contributed by atoms with Crippen molar-refractivity contribution in [2.75, 3.05) is 7.11 Å². The van der Waals surface area contributed by atoms with Gasteiger partial charge in [-0.1, -0.05) is 0 Å². The van der Waals surface area contributed by atoms with E-state index in [9.17, 15) is 4.79 Å². The molecule has 1 unspecified atom stereocenters. The monoisotopic (exact) mass is 168 g/mol. The number of carbonyl (C=O) groups is 1. The molecule has 0 aromatic rings. The third-order valence-corrected chi connectivity index (χ3v) is 2.81. The summed E-state index contributed by atoms with van der Waals surface area (Å²) in [4.78, 5) is 11.6. The predicted molar refractivity (Wildman–Crippen MR) is 45.9 cm³/mol. The molecule has 2 fully saturated rings. The first kappa shape index (κ1) is 8.24. The molecule has 0 heterocycles. The van der Waals surface area contributed by atoms with Crippen molar-refractivity contribution >= 4 is 5.78 Å². The zero-order valence-corrected chi connectivity index (χ0v) is 7.58. The Morgan fingerprint density at radius 2 is 2.08 bits per heavy atom. The van der Waals surface area contributed by atoms with Crippen LogP contribution in [0.2, 0.25) is 0 Å². The molecule has 2 aliphatic carbocycles. The number of hydrogen-bond acceptors (Lipinski definition) is 2. The van der Waals surface area contributed by atoms with Gasteiger partial charge in [0.15, 0.2) is 5.78 Å². The summed E-state index contributed by atoms with van der Waals surface area (Å²) < 4.78 is 5.22. The number of hydrogen-bond donors (Lipinski definition) is 0. The average molecular weight is 168 g/mol. The van der Waals surface area contributed by atoms with Gasteiger partial charge in [0.1, 0.15) is 6.10 Å². The molecule has 1 atom stereocenters. The Labute approximate surface area is 73.3 Å². The Morgan fingerprint density at radius 3 is 2.50 bits per heavy atom. The molecule has 0 saturated heterocycles. The molecule has 0 radical (unpaired) electrons. The Balaban J connectivity index is 1.81. The molecule has 0 spiro atoms. The highest BCUT2D eigenvalue weighted by Crippen LogP contribution is 2.38. The first-order valence-corrected chi connectivity index (χ1v) is 4.86. The van der Waals surface area contributed by atoms with Gasteiger partial charge in [-0.15, -0.1) is 0 Å². The Morgan fingerprint density at radius 1 is 1.42 bits per heavy atom. The van der Waals surface area contributed by atoms with Gasteiger partial charge in [0.05, 0.1) is 0 Å². The zero-order valence-electron chi connectivity index (χ0n) is 7.58. The van der Waals surface area contributed by atoms with Crippen molar-refractivity contribution in [3.05, 3.63) is 0 Å². The normalized spacial score (nSPS) is 25.4. The zero-order chi connectivity index (χ0) is 8.55. The number of ether oxygens (including phenoxy) is 1. The molecule has 0 aromatic carbocycles. The largest absolute Gasteiger partial charge is 0.373 e. The third-order valence-electron chi connectivity index (χ3n) is 2.81. The van der Waals surface area contributed by atoms with Crippen LogP contribution in [0, 0.1) is 11.8 Å². The minimum Gasteiger partial charge on any atom is -0.373 e. The summed E-state index contributed by atoms with van der Waals surface area (Å²) >= 11 is 0. The van der Waals surface area contributed by atoms with Crippen LogP contribution < -0.4 is 0 Å². The van der Waals surface area contributed by atoms with E-state index >= 15 is 0 Å². The van der Waals surface area contributed by atoms with Crippen LogP contribution >= 0.6 is 0 Å². The molecule has 2 aliphatic rings. The fourth-order valence-corrected chi connectivity index (χ4v) is 1.71. The number of rotatable bonds is 5. The summed E-state index contributed by atoms with van der Waals surface area (Å²) in [6.07, 6.45) is 5.60. The van der Waals surface area contributed by atoms with Crippen LogP contribution in [-0.4, -0.2) is 19.0 Å². The predicted octanol–water partition coefficient (Wildman–Crippen LogP) is 1.78. The third kappa shape index (κ3) is 1.86. The summed E-state index contributed by atoms with van der Waals surface area (Å²) in [7, 11) is 1.66. The maximum atomic E-state index is 11.6. The molecule has 12 heavy (non-hydrogen) atoms. The number of carbonyl (C=O) groups excluding carboxylic acids is 1. The first-order valence-electron chi connectivity index (χ1n) is 4.86. The van der Waals surface area contributed by atoms with Crippen molar-refractivity contribution in [3.8, 4) is 0 Å².